The Morgan fingerprint density at radius 1 is 0.966 bits per heavy atom. The molecule has 1 aromatic carbocycles. The molecule has 10 heteroatoms. The molecule has 1 aliphatic carbocycles. The summed E-state index contributed by atoms with van der Waals surface area (Å²) in [5.41, 5.74) is 3.21. The zero-order valence-electron chi connectivity index (χ0n) is 15.2. The fourth-order valence-electron chi connectivity index (χ4n) is 3.41. The van der Waals surface area contributed by atoms with Crippen LogP contribution in [0, 0.1) is 0 Å². The maximum atomic E-state index is 11.1. The number of carbonyl (C=O) groups is 1. The van der Waals surface area contributed by atoms with Gasteiger partial charge in [-0.15, -0.1) is 21.5 Å². The predicted octanol–water partition coefficient (Wildman–Crippen LogP) is 4.61. The third-order valence-electron chi connectivity index (χ3n) is 4.76. The first kappa shape index (κ1) is 18.0. The van der Waals surface area contributed by atoms with E-state index in [0.29, 0.717) is 10.9 Å². The molecule has 0 spiro atoms. The van der Waals surface area contributed by atoms with Gasteiger partial charge in [0.1, 0.15) is 0 Å². The van der Waals surface area contributed by atoms with Crippen molar-refractivity contribution in [2.24, 2.45) is 0 Å². The topological polar surface area (TPSA) is 113 Å². The van der Waals surface area contributed by atoms with Crippen LogP contribution >= 0.6 is 22.7 Å². The molecule has 29 heavy (non-hydrogen) atoms. The number of fused-ring (bicyclic) bond motifs is 2. The van der Waals surface area contributed by atoms with Crippen LogP contribution < -0.4 is 10.6 Å². The number of nitrogens with zero attached hydrogens (tertiary/aromatic N) is 4. The van der Waals surface area contributed by atoms with Crippen LogP contribution in [0.2, 0.25) is 0 Å². The summed E-state index contributed by atoms with van der Waals surface area (Å²) in [6.45, 7) is 0. The number of aromatic nitrogens is 4. The van der Waals surface area contributed by atoms with E-state index in [9.17, 15) is 4.79 Å². The van der Waals surface area contributed by atoms with E-state index in [0.717, 1.165) is 58.0 Å². The van der Waals surface area contributed by atoms with Gasteiger partial charge in [0.2, 0.25) is 0 Å². The van der Waals surface area contributed by atoms with E-state index in [1.165, 1.54) is 16.7 Å². The van der Waals surface area contributed by atoms with Gasteiger partial charge in [0, 0.05) is 16.5 Å². The average Bonchev–Trinajstić information content (AvgIpc) is 3.36. The van der Waals surface area contributed by atoms with Gasteiger partial charge in [0.05, 0.1) is 10.2 Å². The number of anilines is 4. The maximum absolute atomic E-state index is 11.1. The molecule has 3 heterocycles. The molecule has 8 nitrogen and oxygen atoms in total. The van der Waals surface area contributed by atoms with Crippen LogP contribution in [-0.4, -0.2) is 31.2 Å². The third kappa shape index (κ3) is 3.52. The van der Waals surface area contributed by atoms with Gasteiger partial charge in [-0.2, -0.15) is 0 Å². The van der Waals surface area contributed by atoms with E-state index in [2.05, 4.69) is 30.8 Å². The smallest absolute Gasteiger partial charge is 0.355 e. The molecule has 4 aromatic rings. The first-order valence-electron chi connectivity index (χ1n) is 9.14. The molecule has 0 saturated carbocycles. The number of benzene rings is 1. The summed E-state index contributed by atoms with van der Waals surface area (Å²) in [5.74, 6) is 0.327. The van der Waals surface area contributed by atoms with Crippen molar-refractivity contribution in [2.45, 2.75) is 25.7 Å². The summed E-state index contributed by atoms with van der Waals surface area (Å²) < 4.78 is 1.12. The van der Waals surface area contributed by atoms with Crippen LogP contribution in [0.1, 0.15) is 34.5 Å². The van der Waals surface area contributed by atoms with Gasteiger partial charge < -0.3 is 15.7 Å². The van der Waals surface area contributed by atoms with Crippen LogP contribution in [0.25, 0.3) is 10.2 Å². The fraction of sp³-hybridized carbons (Fsp3) is 0.211. The summed E-state index contributed by atoms with van der Waals surface area (Å²) in [4.78, 5) is 19.8. The van der Waals surface area contributed by atoms with Crippen LogP contribution in [0.15, 0.2) is 29.6 Å². The highest BCUT2D eigenvalue weighted by Crippen LogP contribution is 2.35. The molecular formula is C19H16N6O2S2. The lowest BCUT2D eigenvalue weighted by Gasteiger charge is -2.20. The number of thiazole rings is 2. The first-order chi connectivity index (χ1) is 14.2. The Labute approximate surface area is 173 Å². The lowest BCUT2D eigenvalue weighted by atomic mass is 9.92. The van der Waals surface area contributed by atoms with E-state index < -0.39 is 5.97 Å². The molecule has 0 amide bonds. The molecule has 1 aliphatic rings. The zero-order valence-corrected chi connectivity index (χ0v) is 16.8. The number of rotatable bonds is 5. The highest BCUT2D eigenvalue weighted by atomic mass is 32.1. The van der Waals surface area contributed by atoms with E-state index in [4.69, 9.17) is 5.11 Å². The van der Waals surface area contributed by atoms with Gasteiger partial charge in [-0.05, 0) is 37.8 Å². The fourth-order valence-corrected chi connectivity index (χ4v) is 4.96. The molecule has 0 aliphatic heterocycles. The average molecular weight is 425 g/mol. The van der Waals surface area contributed by atoms with Crippen molar-refractivity contribution in [1.82, 2.24) is 20.2 Å². The Kier molecular flexibility index (Phi) is 4.57. The molecule has 0 atom stereocenters. The van der Waals surface area contributed by atoms with Gasteiger partial charge >= 0.3 is 5.97 Å². The highest BCUT2D eigenvalue weighted by molar-refractivity contribution is 7.22. The second-order valence-corrected chi connectivity index (χ2v) is 8.53. The summed E-state index contributed by atoms with van der Waals surface area (Å²) in [6.07, 6.45) is 3.96. The number of hydrogen-bond acceptors (Lipinski definition) is 9. The SMILES string of the molecule is O=C(O)c1csc(Nc2nnc(Nc3nc4ccccc4s3)c3c2CCCC3)n1. The third-order valence-corrected chi connectivity index (χ3v) is 6.47. The maximum Gasteiger partial charge on any atom is 0.355 e. The minimum absolute atomic E-state index is 0.0217. The predicted molar refractivity (Wildman–Crippen MR) is 114 cm³/mol. The zero-order chi connectivity index (χ0) is 19.8. The molecular weight excluding hydrogens is 408 g/mol. The molecule has 146 valence electrons. The molecule has 0 fully saturated rings. The van der Waals surface area contributed by atoms with Crippen LogP contribution in [0.4, 0.5) is 21.9 Å². The molecule has 0 saturated heterocycles. The highest BCUT2D eigenvalue weighted by Gasteiger charge is 2.21. The Balaban J connectivity index is 1.46. The van der Waals surface area contributed by atoms with Crippen molar-refractivity contribution < 1.29 is 9.90 Å². The van der Waals surface area contributed by atoms with Crippen molar-refractivity contribution in [2.75, 3.05) is 10.6 Å². The molecule has 0 unspecified atom stereocenters. The summed E-state index contributed by atoms with van der Waals surface area (Å²) in [7, 11) is 0. The number of aromatic carboxylic acids is 1. The Morgan fingerprint density at radius 3 is 2.31 bits per heavy atom. The Morgan fingerprint density at radius 2 is 1.66 bits per heavy atom. The van der Waals surface area contributed by atoms with Crippen LogP contribution in [-0.2, 0) is 12.8 Å². The molecule has 0 bridgehead atoms. The molecule has 0 radical (unpaired) electrons. The van der Waals surface area contributed by atoms with Gasteiger partial charge in [0.15, 0.2) is 27.6 Å². The number of nitrogens with one attached hydrogen (secondary N) is 2. The number of para-hydroxylation sites is 1. The van der Waals surface area contributed by atoms with Crippen molar-refractivity contribution in [3.05, 3.63) is 46.5 Å². The van der Waals surface area contributed by atoms with Gasteiger partial charge in [0.25, 0.3) is 0 Å². The second-order valence-electron chi connectivity index (χ2n) is 6.64. The van der Waals surface area contributed by atoms with Crippen LogP contribution in [0.3, 0.4) is 0 Å². The Bertz CT molecular complexity index is 1190. The van der Waals surface area contributed by atoms with Crippen molar-refractivity contribution >= 4 is 60.8 Å². The second kappa shape index (κ2) is 7.37. The van der Waals surface area contributed by atoms with E-state index in [1.807, 2.05) is 24.3 Å². The minimum Gasteiger partial charge on any atom is -0.476 e. The van der Waals surface area contributed by atoms with Crippen molar-refractivity contribution in [3.8, 4) is 0 Å². The largest absolute Gasteiger partial charge is 0.476 e. The van der Waals surface area contributed by atoms with Crippen molar-refractivity contribution in [3.63, 3.8) is 0 Å². The quantitative estimate of drug-likeness (QED) is 0.426. The number of carboxylic acid groups (broad SMARTS) is 1. The number of hydrogen-bond donors (Lipinski definition) is 3. The summed E-state index contributed by atoms with van der Waals surface area (Å²) >= 11 is 2.82. The lowest BCUT2D eigenvalue weighted by molar-refractivity contribution is 0.0691. The minimum atomic E-state index is -1.04. The van der Waals surface area contributed by atoms with Crippen molar-refractivity contribution in [1.29, 1.82) is 0 Å². The molecule has 3 aromatic heterocycles. The van der Waals surface area contributed by atoms with Gasteiger partial charge in [-0.3, -0.25) is 0 Å². The normalized spacial score (nSPS) is 13.2. The van der Waals surface area contributed by atoms with E-state index in [1.54, 1.807) is 11.3 Å². The number of carboxylic acids is 1. The molecule has 3 N–H and O–H groups in total. The van der Waals surface area contributed by atoms with E-state index >= 15 is 0 Å². The Hall–Kier alpha value is -3.11. The molecule has 5 rings (SSSR count). The standard InChI is InChI=1S/C19H16N6O2S2/c26-17(27)13-9-28-18(21-13)22-15-10-5-1-2-6-11(10)16(25-24-15)23-19-20-12-7-3-4-8-14(12)29-19/h3-4,7-9H,1-2,5-6H2,(H,26,27)(H,20,23,25)(H,21,22,24). The van der Waals surface area contributed by atoms with Crippen LogP contribution in [0.5, 0.6) is 0 Å². The lowest BCUT2D eigenvalue weighted by Crippen LogP contribution is -2.13. The van der Waals surface area contributed by atoms with E-state index in [-0.39, 0.29) is 5.69 Å². The van der Waals surface area contributed by atoms with Gasteiger partial charge in [-0.25, -0.2) is 14.8 Å². The monoisotopic (exact) mass is 424 g/mol. The summed E-state index contributed by atoms with van der Waals surface area (Å²) in [6, 6.07) is 8.01. The van der Waals surface area contributed by atoms with Gasteiger partial charge in [-0.1, -0.05) is 23.5 Å². The summed E-state index contributed by atoms with van der Waals surface area (Å²) in [5, 5.41) is 27.1. The first-order valence-corrected chi connectivity index (χ1v) is 10.8.